The fourth-order valence-corrected chi connectivity index (χ4v) is 2.78. The van der Waals surface area contributed by atoms with Crippen LogP contribution in [0.5, 0.6) is 0 Å². The fourth-order valence-electron chi connectivity index (χ4n) is 2.39. The van der Waals surface area contributed by atoms with Crippen molar-refractivity contribution < 1.29 is 14.3 Å². The molecule has 2 rings (SSSR count). The zero-order valence-electron chi connectivity index (χ0n) is 12.0. The first kappa shape index (κ1) is 15.2. The third-order valence-corrected chi connectivity index (χ3v) is 3.61. The van der Waals surface area contributed by atoms with E-state index in [1.807, 2.05) is 30.3 Å². The maximum absolute atomic E-state index is 12.1. The van der Waals surface area contributed by atoms with Gasteiger partial charge < -0.3 is 10.1 Å². The number of carbonyl (C=O) groups is 2. The minimum Gasteiger partial charge on any atom is -0.466 e. The zero-order chi connectivity index (χ0) is 15.6. The Morgan fingerprint density at radius 3 is 2.43 bits per heavy atom. The molecule has 0 bridgehead atoms. The number of esters is 1. The molecule has 1 aliphatic heterocycles. The molecule has 0 aliphatic carbocycles. The van der Waals surface area contributed by atoms with E-state index in [0.717, 1.165) is 5.56 Å². The third kappa shape index (κ3) is 2.80. The Balaban J connectivity index is 2.64. The second-order valence-corrected chi connectivity index (χ2v) is 5.05. The second kappa shape index (κ2) is 6.05. The highest BCUT2D eigenvalue weighted by atomic mass is 32.1. The highest BCUT2D eigenvalue weighted by molar-refractivity contribution is 7.80. The molecule has 1 heterocycles. The smallest absolute Gasteiger partial charge is 0.337 e. The van der Waals surface area contributed by atoms with Gasteiger partial charge in [-0.15, -0.1) is 0 Å². The number of methoxy groups -OCH3 is 1. The molecule has 0 radical (unpaired) electrons. The van der Waals surface area contributed by atoms with Crippen molar-refractivity contribution in [2.45, 2.75) is 19.9 Å². The van der Waals surface area contributed by atoms with Crippen molar-refractivity contribution in [3.63, 3.8) is 0 Å². The third-order valence-electron chi connectivity index (χ3n) is 3.31. The summed E-state index contributed by atoms with van der Waals surface area (Å²) >= 11 is 5.24. The molecule has 1 N–H and O–H groups in total. The van der Waals surface area contributed by atoms with Crippen LogP contribution in [0.25, 0.3) is 0 Å². The van der Waals surface area contributed by atoms with Gasteiger partial charge in [0.1, 0.15) is 0 Å². The second-order valence-electron chi connectivity index (χ2n) is 4.66. The summed E-state index contributed by atoms with van der Waals surface area (Å²) in [5.41, 5.74) is 1.78. The van der Waals surface area contributed by atoms with Crippen LogP contribution in [0.3, 0.4) is 0 Å². The zero-order valence-corrected chi connectivity index (χ0v) is 12.9. The Hall–Kier alpha value is -2.21. The summed E-state index contributed by atoms with van der Waals surface area (Å²) in [7, 11) is 1.32. The number of thiocarbonyl (C=S) groups is 1. The molecule has 5 nitrogen and oxygen atoms in total. The number of nitrogens with one attached hydrogen (secondary N) is 1. The molecule has 1 aliphatic rings. The molecule has 1 aromatic rings. The molecule has 0 saturated carbocycles. The molecular formula is C15H16N2O3S. The molecule has 1 aromatic carbocycles. The number of hydrogen-bond donors (Lipinski definition) is 1. The van der Waals surface area contributed by atoms with E-state index >= 15 is 0 Å². The Morgan fingerprint density at radius 1 is 1.29 bits per heavy atom. The van der Waals surface area contributed by atoms with Gasteiger partial charge in [0, 0.05) is 12.6 Å². The number of ether oxygens (including phenoxy) is 1. The number of amides is 1. The highest BCUT2D eigenvalue weighted by Crippen LogP contribution is 2.34. The molecule has 0 unspecified atom stereocenters. The molecular weight excluding hydrogens is 288 g/mol. The summed E-state index contributed by atoms with van der Waals surface area (Å²) in [5.74, 6) is -0.724. The van der Waals surface area contributed by atoms with Crippen molar-refractivity contribution in [1.29, 1.82) is 0 Å². The van der Waals surface area contributed by atoms with Crippen molar-refractivity contribution in [1.82, 2.24) is 10.2 Å². The maximum atomic E-state index is 12.1. The average molecular weight is 304 g/mol. The van der Waals surface area contributed by atoms with E-state index in [9.17, 15) is 9.59 Å². The Kier molecular flexibility index (Phi) is 4.37. The van der Waals surface area contributed by atoms with Crippen molar-refractivity contribution in [3.05, 3.63) is 47.2 Å². The first-order valence-electron chi connectivity index (χ1n) is 6.42. The van der Waals surface area contributed by atoms with Gasteiger partial charge in [-0.3, -0.25) is 9.69 Å². The van der Waals surface area contributed by atoms with Gasteiger partial charge in [0.05, 0.1) is 18.7 Å². The first-order chi connectivity index (χ1) is 9.97. The number of rotatable bonds is 2. The Labute approximate surface area is 128 Å². The van der Waals surface area contributed by atoms with Crippen LogP contribution in [-0.2, 0) is 14.3 Å². The van der Waals surface area contributed by atoms with Gasteiger partial charge in [0.2, 0.25) is 5.91 Å². The lowest BCUT2D eigenvalue weighted by Gasteiger charge is -2.37. The van der Waals surface area contributed by atoms with Crippen LogP contribution in [0.15, 0.2) is 41.6 Å². The molecule has 0 saturated heterocycles. The van der Waals surface area contributed by atoms with Crippen LogP contribution in [0.4, 0.5) is 0 Å². The highest BCUT2D eigenvalue weighted by Gasteiger charge is 2.38. The van der Waals surface area contributed by atoms with E-state index < -0.39 is 12.0 Å². The summed E-state index contributed by atoms with van der Waals surface area (Å²) in [6.45, 7) is 3.16. The van der Waals surface area contributed by atoms with Gasteiger partial charge >= 0.3 is 5.97 Å². The van der Waals surface area contributed by atoms with Gasteiger partial charge in [-0.25, -0.2) is 4.79 Å². The quantitative estimate of drug-likeness (QED) is 0.668. The van der Waals surface area contributed by atoms with Crippen LogP contribution in [0, 0.1) is 0 Å². The number of allylic oxidation sites excluding steroid dienone is 1. The van der Waals surface area contributed by atoms with Crippen molar-refractivity contribution >= 4 is 29.2 Å². The molecule has 0 fully saturated rings. The molecule has 1 atom stereocenters. The van der Waals surface area contributed by atoms with Crippen LogP contribution in [0.2, 0.25) is 0 Å². The number of hydrogen-bond acceptors (Lipinski definition) is 4. The van der Waals surface area contributed by atoms with E-state index in [0.29, 0.717) is 11.3 Å². The lowest BCUT2D eigenvalue weighted by molar-refractivity contribution is -0.137. The van der Waals surface area contributed by atoms with Crippen LogP contribution in [0.1, 0.15) is 25.5 Å². The summed E-state index contributed by atoms with van der Waals surface area (Å²) < 4.78 is 4.86. The predicted octanol–water partition coefficient (Wildman–Crippen LogP) is 1.91. The summed E-state index contributed by atoms with van der Waals surface area (Å²) in [4.78, 5) is 25.5. The standard InChI is InChI=1S/C15H16N2O3S/c1-9-12(14(19)20-3)13(11-7-5-4-6-8-11)17(10(2)18)15(21)16-9/h4-8,13H,1-3H3,(H,16,21)/t13-/m1/s1. The van der Waals surface area contributed by atoms with Gasteiger partial charge in [-0.05, 0) is 24.7 Å². The van der Waals surface area contributed by atoms with Crippen LogP contribution < -0.4 is 5.32 Å². The average Bonchev–Trinajstić information content (AvgIpc) is 2.46. The van der Waals surface area contributed by atoms with Crippen molar-refractivity contribution in [2.75, 3.05) is 7.11 Å². The van der Waals surface area contributed by atoms with Gasteiger partial charge in [-0.2, -0.15) is 0 Å². The van der Waals surface area contributed by atoms with Gasteiger partial charge in [0.25, 0.3) is 0 Å². The van der Waals surface area contributed by atoms with Crippen molar-refractivity contribution in [2.24, 2.45) is 0 Å². The van der Waals surface area contributed by atoms with E-state index in [-0.39, 0.29) is 11.0 Å². The topological polar surface area (TPSA) is 58.6 Å². The minimum absolute atomic E-state index is 0.241. The largest absolute Gasteiger partial charge is 0.466 e. The monoisotopic (exact) mass is 304 g/mol. The van der Waals surface area contributed by atoms with Gasteiger partial charge in [0.15, 0.2) is 5.11 Å². The molecule has 6 heteroatoms. The minimum atomic E-state index is -0.579. The fraction of sp³-hybridized carbons (Fsp3) is 0.267. The Bertz CT molecular complexity index is 625. The first-order valence-corrected chi connectivity index (χ1v) is 6.83. The number of benzene rings is 1. The summed E-state index contributed by atoms with van der Waals surface area (Å²) in [5, 5.41) is 3.17. The number of nitrogens with zero attached hydrogens (tertiary/aromatic N) is 1. The maximum Gasteiger partial charge on any atom is 0.337 e. The van der Waals surface area contributed by atoms with E-state index in [1.165, 1.54) is 18.9 Å². The SMILES string of the molecule is COC(=O)C1=C(C)NC(=S)N(C(C)=O)[C@@H]1c1ccccc1. The summed E-state index contributed by atoms with van der Waals surface area (Å²) in [6, 6.07) is 8.70. The Morgan fingerprint density at radius 2 is 1.90 bits per heavy atom. The van der Waals surface area contributed by atoms with Crippen LogP contribution in [-0.4, -0.2) is 29.0 Å². The number of carbonyl (C=O) groups excluding carboxylic acids is 2. The normalized spacial score (nSPS) is 18.3. The molecule has 21 heavy (non-hydrogen) atoms. The van der Waals surface area contributed by atoms with Gasteiger partial charge in [-0.1, -0.05) is 30.3 Å². The molecule has 110 valence electrons. The van der Waals surface area contributed by atoms with Crippen LogP contribution >= 0.6 is 12.2 Å². The van der Waals surface area contributed by atoms with E-state index in [4.69, 9.17) is 17.0 Å². The lowest BCUT2D eigenvalue weighted by Crippen LogP contribution is -2.50. The van der Waals surface area contributed by atoms with Crippen molar-refractivity contribution in [3.8, 4) is 0 Å². The molecule has 0 spiro atoms. The van der Waals surface area contributed by atoms with E-state index in [1.54, 1.807) is 6.92 Å². The van der Waals surface area contributed by atoms with E-state index in [2.05, 4.69) is 5.32 Å². The molecule has 1 amide bonds. The summed E-state index contributed by atoms with van der Waals surface area (Å²) in [6.07, 6.45) is 0. The molecule has 0 aromatic heterocycles. The lowest BCUT2D eigenvalue weighted by atomic mass is 9.94. The predicted molar refractivity (Wildman–Crippen MR) is 82.2 cm³/mol.